The van der Waals surface area contributed by atoms with Gasteiger partial charge in [0.2, 0.25) is 5.28 Å². The molecule has 2 aromatic rings. The van der Waals surface area contributed by atoms with Crippen LogP contribution in [0.2, 0.25) is 5.28 Å². The van der Waals surface area contributed by atoms with Crippen molar-refractivity contribution in [3.8, 4) is 0 Å². The molecule has 0 atom stereocenters. The average Bonchev–Trinajstić information content (AvgIpc) is 2.95. The molecule has 0 fully saturated rings. The number of fused-ring (bicyclic) bond motifs is 1. The van der Waals surface area contributed by atoms with Gasteiger partial charge >= 0.3 is 0 Å². The van der Waals surface area contributed by atoms with Gasteiger partial charge in [-0.1, -0.05) is 0 Å². The molecule has 0 radical (unpaired) electrons. The molecule has 19 heavy (non-hydrogen) atoms. The molecule has 100 valence electrons. The first kappa shape index (κ1) is 12.4. The Morgan fingerprint density at radius 1 is 1.42 bits per heavy atom. The number of imidazole rings is 1. The number of sulfone groups is 1. The molecule has 0 amide bonds. The van der Waals surface area contributed by atoms with Crippen LogP contribution >= 0.6 is 11.6 Å². The van der Waals surface area contributed by atoms with E-state index in [0.29, 0.717) is 18.7 Å². The standard InChI is InChI=1S/C10H10ClN5O2S/c11-10-15-7-1-2-19(17,18)8(7)9(16-10)13-4-6-3-12-5-14-6/h3,5H,1-2,4H2,(H,12,14)(H,13,15,16). The number of aryl methyl sites for hydroxylation is 1. The van der Waals surface area contributed by atoms with Crippen LogP contribution in [0.1, 0.15) is 11.4 Å². The molecular formula is C10H10ClN5O2S. The van der Waals surface area contributed by atoms with Gasteiger partial charge in [0.05, 0.1) is 30.0 Å². The summed E-state index contributed by atoms with van der Waals surface area (Å²) in [7, 11) is -3.32. The summed E-state index contributed by atoms with van der Waals surface area (Å²) in [6, 6.07) is 0. The van der Waals surface area contributed by atoms with Crippen molar-refractivity contribution in [3.05, 3.63) is 29.2 Å². The van der Waals surface area contributed by atoms with Crippen LogP contribution in [-0.4, -0.2) is 34.1 Å². The summed E-state index contributed by atoms with van der Waals surface area (Å²) in [6.07, 6.45) is 3.56. The molecule has 7 nitrogen and oxygen atoms in total. The highest BCUT2D eigenvalue weighted by Crippen LogP contribution is 2.31. The van der Waals surface area contributed by atoms with Gasteiger partial charge in [0.25, 0.3) is 0 Å². The van der Waals surface area contributed by atoms with Crippen LogP contribution in [0, 0.1) is 0 Å². The third kappa shape index (κ3) is 2.28. The molecule has 9 heteroatoms. The third-order valence-electron chi connectivity index (χ3n) is 2.83. The number of aromatic amines is 1. The first-order chi connectivity index (χ1) is 9.06. The van der Waals surface area contributed by atoms with Crippen LogP contribution in [0.15, 0.2) is 17.4 Å². The number of halogens is 1. The summed E-state index contributed by atoms with van der Waals surface area (Å²) in [5.41, 5.74) is 1.30. The number of hydrogen-bond acceptors (Lipinski definition) is 6. The molecule has 0 spiro atoms. The Hall–Kier alpha value is -1.67. The Balaban J connectivity index is 1.97. The van der Waals surface area contributed by atoms with Crippen molar-refractivity contribution in [2.45, 2.75) is 17.9 Å². The van der Waals surface area contributed by atoms with Crippen molar-refractivity contribution in [3.63, 3.8) is 0 Å². The second kappa shape index (κ2) is 4.46. The van der Waals surface area contributed by atoms with Crippen LogP contribution < -0.4 is 5.32 Å². The quantitative estimate of drug-likeness (QED) is 0.813. The van der Waals surface area contributed by atoms with Gasteiger partial charge in [0.15, 0.2) is 15.7 Å². The van der Waals surface area contributed by atoms with Crippen LogP contribution in [0.4, 0.5) is 5.82 Å². The molecule has 0 saturated heterocycles. The van der Waals surface area contributed by atoms with Crippen molar-refractivity contribution in [2.24, 2.45) is 0 Å². The van der Waals surface area contributed by atoms with Crippen LogP contribution in [0.25, 0.3) is 0 Å². The smallest absolute Gasteiger partial charge is 0.224 e. The number of nitrogens with one attached hydrogen (secondary N) is 2. The Morgan fingerprint density at radius 3 is 3.00 bits per heavy atom. The second-order valence-corrected chi connectivity index (χ2v) is 6.50. The van der Waals surface area contributed by atoms with Gasteiger partial charge in [-0.05, 0) is 11.6 Å². The normalized spacial score (nSPS) is 16.3. The van der Waals surface area contributed by atoms with E-state index in [2.05, 4.69) is 25.3 Å². The molecule has 3 rings (SSSR count). The van der Waals surface area contributed by atoms with Crippen LogP contribution in [0.5, 0.6) is 0 Å². The fourth-order valence-electron chi connectivity index (χ4n) is 1.98. The molecule has 2 N–H and O–H groups in total. The fourth-order valence-corrected chi connectivity index (χ4v) is 3.75. The summed E-state index contributed by atoms with van der Waals surface area (Å²) >= 11 is 5.81. The van der Waals surface area contributed by atoms with E-state index in [1.165, 1.54) is 0 Å². The number of anilines is 1. The maximum atomic E-state index is 12.0. The molecule has 0 aliphatic carbocycles. The minimum absolute atomic E-state index is 0.0444. The lowest BCUT2D eigenvalue weighted by atomic mass is 10.3. The summed E-state index contributed by atoms with van der Waals surface area (Å²) in [5, 5.41) is 3.00. The lowest BCUT2D eigenvalue weighted by Crippen LogP contribution is -2.09. The van der Waals surface area contributed by atoms with E-state index in [0.717, 1.165) is 5.69 Å². The highest BCUT2D eigenvalue weighted by Gasteiger charge is 2.32. The summed E-state index contributed by atoms with van der Waals surface area (Å²) in [5.74, 6) is 0.304. The largest absolute Gasteiger partial charge is 0.363 e. The lowest BCUT2D eigenvalue weighted by Gasteiger charge is -2.08. The zero-order valence-electron chi connectivity index (χ0n) is 9.72. The first-order valence-electron chi connectivity index (χ1n) is 5.56. The summed E-state index contributed by atoms with van der Waals surface area (Å²) < 4.78 is 23.9. The molecular weight excluding hydrogens is 290 g/mol. The number of hydrogen-bond donors (Lipinski definition) is 2. The van der Waals surface area contributed by atoms with Crippen LogP contribution in [-0.2, 0) is 22.8 Å². The Bertz CT molecular complexity index is 714. The van der Waals surface area contributed by atoms with E-state index < -0.39 is 9.84 Å². The van der Waals surface area contributed by atoms with Gasteiger partial charge in [-0.2, -0.15) is 4.98 Å². The third-order valence-corrected chi connectivity index (χ3v) is 4.79. The number of H-pyrrole nitrogens is 1. The minimum Gasteiger partial charge on any atom is -0.363 e. The van der Waals surface area contributed by atoms with E-state index in [1.807, 2.05) is 0 Å². The van der Waals surface area contributed by atoms with Gasteiger partial charge in [-0.15, -0.1) is 0 Å². The van der Waals surface area contributed by atoms with Gasteiger partial charge < -0.3 is 10.3 Å². The molecule has 2 aromatic heterocycles. The lowest BCUT2D eigenvalue weighted by molar-refractivity contribution is 0.600. The zero-order valence-corrected chi connectivity index (χ0v) is 11.3. The summed E-state index contributed by atoms with van der Waals surface area (Å²) in [4.78, 5) is 14.9. The molecule has 1 aliphatic rings. The maximum Gasteiger partial charge on any atom is 0.224 e. The molecule has 0 aromatic carbocycles. The van der Waals surface area contributed by atoms with Crippen molar-refractivity contribution in [2.75, 3.05) is 11.1 Å². The van der Waals surface area contributed by atoms with Crippen molar-refractivity contribution in [1.29, 1.82) is 0 Å². The topological polar surface area (TPSA) is 101 Å². The first-order valence-corrected chi connectivity index (χ1v) is 7.59. The van der Waals surface area contributed by atoms with Crippen molar-refractivity contribution >= 4 is 27.3 Å². The van der Waals surface area contributed by atoms with E-state index in [9.17, 15) is 8.42 Å². The number of aromatic nitrogens is 4. The van der Waals surface area contributed by atoms with E-state index in [1.54, 1.807) is 12.5 Å². The monoisotopic (exact) mass is 299 g/mol. The second-order valence-electron chi connectivity index (χ2n) is 4.12. The Labute approximate surface area is 114 Å². The van der Waals surface area contributed by atoms with E-state index in [4.69, 9.17) is 11.6 Å². The van der Waals surface area contributed by atoms with Gasteiger partial charge in [-0.25, -0.2) is 18.4 Å². The predicted octanol–water partition coefficient (Wildman–Crippen LogP) is 0.795. The molecule has 0 saturated carbocycles. The highest BCUT2D eigenvalue weighted by atomic mass is 35.5. The van der Waals surface area contributed by atoms with Gasteiger partial charge in [0, 0.05) is 12.6 Å². The van der Waals surface area contributed by atoms with E-state index >= 15 is 0 Å². The molecule has 0 unspecified atom stereocenters. The minimum atomic E-state index is -3.32. The SMILES string of the molecule is O=S1(=O)CCc2nc(Cl)nc(NCc3cnc[nH]3)c21. The average molecular weight is 300 g/mol. The fraction of sp³-hybridized carbons (Fsp3) is 0.300. The van der Waals surface area contributed by atoms with Gasteiger partial charge in [-0.3, -0.25) is 0 Å². The van der Waals surface area contributed by atoms with Crippen LogP contribution in [0.3, 0.4) is 0 Å². The van der Waals surface area contributed by atoms with Crippen molar-refractivity contribution < 1.29 is 8.42 Å². The maximum absolute atomic E-state index is 12.0. The number of rotatable bonds is 3. The number of nitrogens with zero attached hydrogens (tertiary/aromatic N) is 3. The molecule has 0 bridgehead atoms. The summed E-state index contributed by atoms with van der Waals surface area (Å²) in [6.45, 7) is 0.384. The predicted molar refractivity (Wildman–Crippen MR) is 68.7 cm³/mol. The molecule has 1 aliphatic heterocycles. The Kier molecular flexibility index (Phi) is 2.90. The van der Waals surface area contributed by atoms with Gasteiger partial charge in [0.1, 0.15) is 4.90 Å². The molecule has 3 heterocycles. The van der Waals surface area contributed by atoms with E-state index in [-0.39, 0.29) is 21.7 Å². The Morgan fingerprint density at radius 2 is 2.26 bits per heavy atom. The highest BCUT2D eigenvalue weighted by molar-refractivity contribution is 7.91. The zero-order chi connectivity index (χ0) is 13.5. The van der Waals surface area contributed by atoms with Crippen molar-refractivity contribution in [1.82, 2.24) is 19.9 Å².